The number of morpholine rings is 1. The Morgan fingerprint density at radius 2 is 2.31 bits per heavy atom. The average Bonchev–Trinajstić information content (AvgIpc) is 2.82. The number of carbonyl (C=O) groups excluding carboxylic acids is 1. The predicted molar refractivity (Wildman–Crippen MR) is 63.6 cm³/mol. The monoisotopic (exact) mass is 291 g/mol. The van der Waals surface area contributed by atoms with Gasteiger partial charge in [-0.05, 0) is 13.3 Å². The van der Waals surface area contributed by atoms with Crippen LogP contribution in [0.4, 0.5) is 0 Å². The summed E-state index contributed by atoms with van der Waals surface area (Å²) in [5.41, 5.74) is 0. The van der Waals surface area contributed by atoms with E-state index in [0.717, 1.165) is 18.4 Å². The fourth-order valence-electron chi connectivity index (χ4n) is 2.18. The largest absolute Gasteiger partial charge is 0.381 e. The van der Waals surface area contributed by atoms with Crippen molar-refractivity contribution in [2.45, 2.75) is 25.5 Å². The minimum atomic E-state index is 0.0662. The zero-order valence-electron chi connectivity index (χ0n) is 9.52. The molecule has 2 heterocycles. The summed E-state index contributed by atoms with van der Waals surface area (Å²) in [6.45, 7) is 4.67. The molecule has 16 heavy (non-hydrogen) atoms. The molecule has 2 saturated heterocycles. The Morgan fingerprint density at radius 3 is 2.94 bits per heavy atom. The van der Waals surface area contributed by atoms with Gasteiger partial charge in [0.15, 0.2) is 0 Å². The number of ether oxygens (including phenoxy) is 2. The molecule has 0 aliphatic carbocycles. The van der Waals surface area contributed by atoms with Gasteiger partial charge in [-0.25, -0.2) is 0 Å². The number of alkyl halides is 1. The van der Waals surface area contributed by atoms with Gasteiger partial charge in [-0.3, -0.25) is 4.79 Å². The van der Waals surface area contributed by atoms with Crippen molar-refractivity contribution in [1.29, 1.82) is 0 Å². The molecule has 0 bridgehead atoms. The third-order valence-corrected chi connectivity index (χ3v) is 3.96. The number of amides is 1. The van der Waals surface area contributed by atoms with Gasteiger partial charge < -0.3 is 14.4 Å². The SMILES string of the molecule is CC1COC(CBr)CN1C(=O)C1CCOC1. The molecule has 0 aromatic carbocycles. The van der Waals surface area contributed by atoms with Crippen LogP contribution in [0.3, 0.4) is 0 Å². The van der Waals surface area contributed by atoms with Crippen LogP contribution >= 0.6 is 15.9 Å². The van der Waals surface area contributed by atoms with Crippen molar-refractivity contribution in [2.75, 3.05) is 31.7 Å². The van der Waals surface area contributed by atoms with Gasteiger partial charge in [0.1, 0.15) is 0 Å². The second kappa shape index (κ2) is 5.47. The highest BCUT2D eigenvalue weighted by molar-refractivity contribution is 9.09. The first-order chi connectivity index (χ1) is 7.72. The molecule has 2 fully saturated rings. The second-order valence-electron chi connectivity index (χ2n) is 4.51. The summed E-state index contributed by atoms with van der Waals surface area (Å²) in [6.07, 6.45) is 0.990. The molecule has 5 heteroatoms. The summed E-state index contributed by atoms with van der Waals surface area (Å²) in [5.74, 6) is 0.302. The van der Waals surface area contributed by atoms with Crippen molar-refractivity contribution < 1.29 is 14.3 Å². The van der Waals surface area contributed by atoms with Crippen molar-refractivity contribution in [3.05, 3.63) is 0 Å². The molecule has 2 aliphatic heterocycles. The van der Waals surface area contributed by atoms with Gasteiger partial charge in [-0.15, -0.1) is 0 Å². The van der Waals surface area contributed by atoms with Crippen molar-refractivity contribution in [2.24, 2.45) is 5.92 Å². The van der Waals surface area contributed by atoms with E-state index < -0.39 is 0 Å². The van der Waals surface area contributed by atoms with E-state index in [0.29, 0.717) is 19.8 Å². The summed E-state index contributed by atoms with van der Waals surface area (Å²) >= 11 is 3.40. The zero-order valence-corrected chi connectivity index (χ0v) is 11.1. The third kappa shape index (κ3) is 2.57. The van der Waals surface area contributed by atoms with Gasteiger partial charge in [-0.1, -0.05) is 15.9 Å². The summed E-state index contributed by atoms with van der Waals surface area (Å²) in [6, 6.07) is 0.184. The molecule has 3 unspecified atom stereocenters. The number of rotatable bonds is 2. The Bertz CT molecular complexity index is 256. The third-order valence-electron chi connectivity index (χ3n) is 3.24. The Morgan fingerprint density at radius 1 is 1.50 bits per heavy atom. The van der Waals surface area contributed by atoms with Crippen LogP contribution in [0.15, 0.2) is 0 Å². The first kappa shape index (κ1) is 12.3. The van der Waals surface area contributed by atoms with Crippen LogP contribution in [-0.4, -0.2) is 54.6 Å². The van der Waals surface area contributed by atoms with E-state index in [1.807, 2.05) is 11.8 Å². The van der Waals surface area contributed by atoms with Crippen LogP contribution in [0.5, 0.6) is 0 Å². The lowest BCUT2D eigenvalue weighted by atomic mass is 10.1. The van der Waals surface area contributed by atoms with Crippen LogP contribution in [0.25, 0.3) is 0 Å². The molecule has 2 rings (SSSR count). The highest BCUT2D eigenvalue weighted by atomic mass is 79.9. The lowest BCUT2D eigenvalue weighted by Gasteiger charge is -2.38. The molecule has 0 saturated carbocycles. The highest BCUT2D eigenvalue weighted by Crippen LogP contribution is 2.20. The molecule has 0 radical (unpaired) electrons. The standard InChI is InChI=1S/C11H18BrNO3/c1-8-6-16-10(4-12)5-13(8)11(14)9-2-3-15-7-9/h8-10H,2-7H2,1H3. The van der Waals surface area contributed by atoms with E-state index in [4.69, 9.17) is 9.47 Å². The molecular weight excluding hydrogens is 274 g/mol. The van der Waals surface area contributed by atoms with Crippen LogP contribution < -0.4 is 0 Å². The second-order valence-corrected chi connectivity index (χ2v) is 5.16. The molecule has 92 valence electrons. The minimum Gasteiger partial charge on any atom is -0.381 e. The molecule has 4 nitrogen and oxygen atoms in total. The molecule has 2 aliphatic rings. The normalized spacial score (nSPS) is 35.4. The Kier molecular flexibility index (Phi) is 4.21. The quantitative estimate of drug-likeness (QED) is 0.714. The summed E-state index contributed by atoms with van der Waals surface area (Å²) < 4.78 is 10.9. The van der Waals surface area contributed by atoms with Gasteiger partial charge in [0.25, 0.3) is 0 Å². The molecule has 0 spiro atoms. The van der Waals surface area contributed by atoms with E-state index in [9.17, 15) is 4.79 Å². The number of carbonyl (C=O) groups is 1. The summed E-state index contributed by atoms with van der Waals surface area (Å²) in [7, 11) is 0. The fourth-order valence-corrected chi connectivity index (χ4v) is 2.57. The van der Waals surface area contributed by atoms with Gasteiger partial charge in [-0.2, -0.15) is 0 Å². The molecule has 0 aromatic rings. The summed E-state index contributed by atoms with van der Waals surface area (Å²) in [5, 5.41) is 0.782. The van der Waals surface area contributed by atoms with E-state index >= 15 is 0 Å². The fraction of sp³-hybridized carbons (Fsp3) is 0.909. The average molecular weight is 292 g/mol. The maximum absolute atomic E-state index is 12.2. The van der Waals surface area contributed by atoms with E-state index in [1.54, 1.807) is 0 Å². The molecule has 1 amide bonds. The number of hydrogen-bond donors (Lipinski definition) is 0. The maximum Gasteiger partial charge on any atom is 0.228 e. The first-order valence-corrected chi connectivity index (χ1v) is 6.90. The van der Waals surface area contributed by atoms with E-state index in [2.05, 4.69) is 15.9 Å². The predicted octanol–water partition coefficient (Wildman–Crippen LogP) is 1.03. The van der Waals surface area contributed by atoms with E-state index in [1.165, 1.54) is 0 Å². The Balaban J connectivity index is 1.97. The van der Waals surface area contributed by atoms with Crippen LogP contribution in [-0.2, 0) is 14.3 Å². The van der Waals surface area contributed by atoms with Crippen LogP contribution in [0.1, 0.15) is 13.3 Å². The van der Waals surface area contributed by atoms with Crippen molar-refractivity contribution in [3.8, 4) is 0 Å². The van der Waals surface area contributed by atoms with Crippen LogP contribution in [0, 0.1) is 5.92 Å². The molecule has 3 atom stereocenters. The van der Waals surface area contributed by atoms with E-state index in [-0.39, 0.29) is 24.0 Å². The highest BCUT2D eigenvalue weighted by Gasteiger charge is 2.34. The van der Waals surface area contributed by atoms with Gasteiger partial charge >= 0.3 is 0 Å². The van der Waals surface area contributed by atoms with Crippen molar-refractivity contribution >= 4 is 21.8 Å². The Labute approximate surface area is 104 Å². The van der Waals surface area contributed by atoms with Gasteiger partial charge in [0.2, 0.25) is 5.91 Å². The van der Waals surface area contributed by atoms with Gasteiger partial charge in [0.05, 0.1) is 31.3 Å². The number of halogens is 1. The minimum absolute atomic E-state index is 0.0662. The first-order valence-electron chi connectivity index (χ1n) is 5.78. The van der Waals surface area contributed by atoms with Crippen LogP contribution in [0.2, 0.25) is 0 Å². The number of nitrogens with zero attached hydrogens (tertiary/aromatic N) is 1. The molecule has 0 aromatic heterocycles. The lowest BCUT2D eigenvalue weighted by Crippen LogP contribution is -2.53. The smallest absolute Gasteiger partial charge is 0.228 e. The maximum atomic E-state index is 12.2. The topological polar surface area (TPSA) is 38.8 Å². The zero-order chi connectivity index (χ0) is 11.5. The van der Waals surface area contributed by atoms with Crippen molar-refractivity contribution in [1.82, 2.24) is 4.90 Å². The number of hydrogen-bond acceptors (Lipinski definition) is 3. The molecular formula is C11H18BrNO3. The van der Waals surface area contributed by atoms with Gasteiger partial charge in [0, 0.05) is 18.5 Å². The Hall–Kier alpha value is -0.130. The summed E-state index contributed by atoms with van der Waals surface area (Å²) in [4.78, 5) is 14.2. The lowest BCUT2D eigenvalue weighted by molar-refractivity contribution is -0.147. The molecule has 0 N–H and O–H groups in total. The van der Waals surface area contributed by atoms with Crippen molar-refractivity contribution in [3.63, 3.8) is 0 Å².